The maximum absolute atomic E-state index is 13.4. The summed E-state index contributed by atoms with van der Waals surface area (Å²) in [6.45, 7) is 1.95. The Morgan fingerprint density at radius 2 is 2.10 bits per heavy atom. The van der Waals surface area contributed by atoms with Gasteiger partial charge in [-0.05, 0) is 37.0 Å². The molecule has 1 aliphatic carbocycles. The molecule has 110 valence electrons. The molecule has 0 amide bonds. The third-order valence-electron chi connectivity index (χ3n) is 3.68. The van der Waals surface area contributed by atoms with Gasteiger partial charge >= 0.3 is 5.97 Å². The van der Waals surface area contributed by atoms with E-state index in [1.54, 1.807) is 31.2 Å². The summed E-state index contributed by atoms with van der Waals surface area (Å²) in [5.74, 6) is -4.13. The van der Waals surface area contributed by atoms with Crippen molar-refractivity contribution >= 4 is 17.6 Å². The average molecular weight is 303 g/mol. The second-order valence-electron chi connectivity index (χ2n) is 5.14. The molecule has 0 aliphatic heterocycles. The molecule has 1 aliphatic rings. The van der Waals surface area contributed by atoms with Crippen LogP contribution < -0.4 is 0 Å². The van der Waals surface area contributed by atoms with E-state index in [-0.39, 0.29) is 25.4 Å². The quantitative estimate of drug-likeness (QED) is 0.770. The van der Waals surface area contributed by atoms with Crippen molar-refractivity contribution in [1.82, 2.24) is 0 Å². The van der Waals surface area contributed by atoms with Crippen LogP contribution in [0.3, 0.4) is 0 Å². The monoisotopic (exact) mass is 302 g/mol. The molecule has 1 fully saturated rings. The van der Waals surface area contributed by atoms with E-state index in [1.807, 2.05) is 0 Å². The molecule has 0 saturated heterocycles. The normalized spacial score (nSPS) is 22.5. The van der Waals surface area contributed by atoms with E-state index in [1.165, 1.54) is 0 Å². The molecule has 0 heterocycles. The molecule has 0 spiro atoms. The molecule has 2 nitrogen and oxygen atoms in total. The van der Waals surface area contributed by atoms with Crippen LogP contribution in [0.5, 0.6) is 0 Å². The minimum absolute atomic E-state index is 0.166. The number of carbonyl (C=O) groups excluding carboxylic acids is 1. The van der Waals surface area contributed by atoms with E-state index in [4.69, 9.17) is 16.3 Å². The Labute approximate surface area is 122 Å². The van der Waals surface area contributed by atoms with Crippen molar-refractivity contribution in [2.45, 2.75) is 38.0 Å². The fourth-order valence-electron chi connectivity index (χ4n) is 2.77. The fourth-order valence-corrected chi connectivity index (χ4v) is 2.90. The summed E-state index contributed by atoms with van der Waals surface area (Å²) < 4.78 is 31.9. The van der Waals surface area contributed by atoms with Crippen LogP contribution in [-0.4, -0.2) is 18.5 Å². The van der Waals surface area contributed by atoms with Gasteiger partial charge in [-0.25, -0.2) is 8.78 Å². The topological polar surface area (TPSA) is 26.3 Å². The molecule has 2 rings (SSSR count). The van der Waals surface area contributed by atoms with Crippen LogP contribution in [0, 0.1) is 5.92 Å². The van der Waals surface area contributed by atoms with Crippen molar-refractivity contribution in [2.75, 3.05) is 6.61 Å². The van der Waals surface area contributed by atoms with E-state index in [9.17, 15) is 13.6 Å². The van der Waals surface area contributed by atoms with Crippen molar-refractivity contribution in [3.8, 4) is 0 Å². The van der Waals surface area contributed by atoms with Crippen LogP contribution in [-0.2, 0) is 9.53 Å². The highest BCUT2D eigenvalue weighted by atomic mass is 35.5. The second kappa shape index (κ2) is 6.08. The van der Waals surface area contributed by atoms with Crippen LogP contribution in [0.25, 0.3) is 0 Å². The standard InChI is InChI=1S/C15H17ClF2O2/c1-2-20-14(19)13(10-3-5-12(16)6-4-10)11-7-8-15(17,18)9-11/h3-6,11,13H,2,7-9H2,1H3. The van der Waals surface area contributed by atoms with E-state index >= 15 is 0 Å². The van der Waals surface area contributed by atoms with Crippen molar-refractivity contribution < 1.29 is 18.3 Å². The van der Waals surface area contributed by atoms with Crippen LogP contribution in [0.1, 0.15) is 37.7 Å². The number of esters is 1. The summed E-state index contributed by atoms with van der Waals surface area (Å²) in [7, 11) is 0. The summed E-state index contributed by atoms with van der Waals surface area (Å²) in [6.07, 6.45) is -0.0978. The Kier molecular flexibility index (Phi) is 4.63. The molecule has 20 heavy (non-hydrogen) atoms. The Bertz CT molecular complexity index is 473. The highest BCUT2D eigenvalue weighted by Crippen LogP contribution is 2.45. The van der Waals surface area contributed by atoms with Gasteiger partial charge in [-0.3, -0.25) is 4.79 Å². The number of ether oxygens (including phenoxy) is 1. The molecule has 2 unspecified atom stereocenters. The summed E-state index contributed by atoms with van der Waals surface area (Å²) >= 11 is 5.83. The number of hydrogen-bond acceptors (Lipinski definition) is 2. The fraction of sp³-hybridized carbons (Fsp3) is 0.533. The van der Waals surface area contributed by atoms with Crippen LogP contribution >= 0.6 is 11.6 Å². The van der Waals surface area contributed by atoms with Crippen molar-refractivity contribution in [3.63, 3.8) is 0 Å². The predicted molar refractivity (Wildman–Crippen MR) is 73.1 cm³/mol. The number of rotatable bonds is 4. The SMILES string of the molecule is CCOC(=O)C(c1ccc(Cl)cc1)C1CCC(F)(F)C1. The van der Waals surface area contributed by atoms with Crippen molar-refractivity contribution in [2.24, 2.45) is 5.92 Å². The van der Waals surface area contributed by atoms with Crippen LogP contribution in [0.2, 0.25) is 5.02 Å². The lowest BCUT2D eigenvalue weighted by Gasteiger charge is -2.22. The van der Waals surface area contributed by atoms with Gasteiger partial charge in [0, 0.05) is 17.9 Å². The van der Waals surface area contributed by atoms with E-state index in [0.29, 0.717) is 17.0 Å². The van der Waals surface area contributed by atoms with Crippen LogP contribution in [0.15, 0.2) is 24.3 Å². The molecule has 1 saturated carbocycles. The maximum Gasteiger partial charge on any atom is 0.313 e. The third kappa shape index (κ3) is 3.48. The number of halogens is 3. The van der Waals surface area contributed by atoms with E-state index < -0.39 is 17.8 Å². The van der Waals surface area contributed by atoms with Gasteiger partial charge in [-0.15, -0.1) is 0 Å². The number of carbonyl (C=O) groups is 1. The van der Waals surface area contributed by atoms with Gasteiger partial charge in [0.05, 0.1) is 12.5 Å². The molecule has 0 aromatic heterocycles. The molecule has 0 radical (unpaired) electrons. The highest BCUT2D eigenvalue weighted by Gasteiger charge is 2.45. The summed E-state index contributed by atoms with van der Waals surface area (Å²) in [5, 5.41) is 0.549. The van der Waals surface area contributed by atoms with Gasteiger partial charge in [0.25, 0.3) is 0 Å². The van der Waals surface area contributed by atoms with Gasteiger partial charge in [-0.1, -0.05) is 23.7 Å². The molecule has 2 atom stereocenters. The first-order valence-electron chi connectivity index (χ1n) is 6.73. The zero-order valence-electron chi connectivity index (χ0n) is 11.2. The number of hydrogen-bond donors (Lipinski definition) is 0. The number of benzene rings is 1. The minimum Gasteiger partial charge on any atom is -0.466 e. The molecule has 5 heteroatoms. The van der Waals surface area contributed by atoms with Gasteiger partial charge in [-0.2, -0.15) is 0 Å². The molecule has 0 bridgehead atoms. The summed E-state index contributed by atoms with van der Waals surface area (Å²) in [5.41, 5.74) is 0.690. The zero-order chi connectivity index (χ0) is 14.8. The largest absolute Gasteiger partial charge is 0.466 e. The molecular weight excluding hydrogens is 286 g/mol. The first-order chi connectivity index (χ1) is 9.43. The van der Waals surface area contributed by atoms with Gasteiger partial charge in [0.15, 0.2) is 0 Å². The third-order valence-corrected chi connectivity index (χ3v) is 3.93. The summed E-state index contributed by atoms with van der Waals surface area (Å²) in [4.78, 5) is 12.1. The maximum atomic E-state index is 13.4. The number of alkyl halides is 2. The van der Waals surface area contributed by atoms with E-state index in [2.05, 4.69) is 0 Å². The van der Waals surface area contributed by atoms with Crippen LogP contribution in [0.4, 0.5) is 8.78 Å². The lowest BCUT2D eigenvalue weighted by Crippen LogP contribution is -2.24. The summed E-state index contributed by atoms with van der Waals surface area (Å²) in [6, 6.07) is 6.74. The zero-order valence-corrected chi connectivity index (χ0v) is 12.0. The molecule has 0 N–H and O–H groups in total. The smallest absolute Gasteiger partial charge is 0.313 e. The van der Waals surface area contributed by atoms with Crippen molar-refractivity contribution in [3.05, 3.63) is 34.9 Å². The molecule has 1 aromatic carbocycles. The highest BCUT2D eigenvalue weighted by molar-refractivity contribution is 6.30. The Morgan fingerprint density at radius 1 is 1.45 bits per heavy atom. The average Bonchev–Trinajstić information content (AvgIpc) is 2.73. The second-order valence-corrected chi connectivity index (χ2v) is 5.58. The van der Waals surface area contributed by atoms with Gasteiger partial charge < -0.3 is 4.74 Å². The predicted octanol–water partition coefficient (Wildman–Crippen LogP) is 4.42. The minimum atomic E-state index is -2.68. The molecular formula is C15H17ClF2O2. The Hall–Kier alpha value is -1.16. The first kappa shape index (κ1) is 15.2. The van der Waals surface area contributed by atoms with Crippen molar-refractivity contribution in [1.29, 1.82) is 0 Å². The Morgan fingerprint density at radius 3 is 2.60 bits per heavy atom. The Balaban J connectivity index is 2.25. The lowest BCUT2D eigenvalue weighted by molar-refractivity contribution is -0.146. The first-order valence-corrected chi connectivity index (χ1v) is 7.10. The lowest BCUT2D eigenvalue weighted by atomic mass is 9.85. The van der Waals surface area contributed by atoms with Gasteiger partial charge in [0.2, 0.25) is 5.92 Å². The van der Waals surface area contributed by atoms with Gasteiger partial charge in [0.1, 0.15) is 0 Å². The molecule has 1 aromatic rings. The van der Waals surface area contributed by atoms with E-state index in [0.717, 1.165) is 0 Å².